The molecule has 0 fully saturated rings. The van der Waals surface area contributed by atoms with Crippen LogP contribution in [0.4, 0.5) is 0 Å². The van der Waals surface area contributed by atoms with E-state index in [1.165, 1.54) is 7.11 Å². The minimum Gasteiger partial charge on any atom is -0.493 e. The van der Waals surface area contributed by atoms with Gasteiger partial charge in [0.2, 0.25) is 0 Å². The second kappa shape index (κ2) is 5.46. The zero-order chi connectivity index (χ0) is 13.1. The number of benzene rings is 1. The van der Waals surface area contributed by atoms with Crippen molar-refractivity contribution >= 4 is 23.2 Å². The molecule has 0 unspecified atom stereocenters. The van der Waals surface area contributed by atoms with Gasteiger partial charge in [0.25, 0.3) is 0 Å². The van der Waals surface area contributed by atoms with Gasteiger partial charge in [0.15, 0.2) is 17.3 Å². The summed E-state index contributed by atoms with van der Waals surface area (Å²) in [5, 5.41) is 7.22. The average Bonchev–Trinajstić information content (AvgIpc) is 2.86. The highest BCUT2D eigenvalue weighted by Crippen LogP contribution is 2.38. The Labute approximate surface area is 114 Å². The molecule has 0 aliphatic rings. The molecule has 0 atom stereocenters. The highest BCUT2D eigenvalue weighted by atomic mass is 35.5. The van der Waals surface area contributed by atoms with E-state index in [0.717, 1.165) is 5.56 Å². The highest BCUT2D eigenvalue weighted by Gasteiger charge is 2.14. The lowest BCUT2D eigenvalue weighted by Gasteiger charge is -2.10. The fraction of sp³-hybridized carbons (Fsp3) is 0.273. The van der Waals surface area contributed by atoms with E-state index >= 15 is 0 Å². The summed E-state index contributed by atoms with van der Waals surface area (Å²) in [5.41, 5.74) is 0.727. The Morgan fingerprint density at radius 3 is 2.61 bits per heavy atom. The summed E-state index contributed by atoms with van der Waals surface area (Å²) in [6, 6.07) is 3.47. The number of nitrogens with one attached hydrogen (secondary N) is 1. The van der Waals surface area contributed by atoms with Crippen LogP contribution >= 0.6 is 23.2 Å². The third-order valence-corrected chi connectivity index (χ3v) is 2.88. The van der Waals surface area contributed by atoms with Crippen molar-refractivity contribution in [1.29, 1.82) is 0 Å². The lowest BCUT2D eigenvalue weighted by atomic mass is 10.2. The SMILES string of the molecule is COc1cc(-c2n[nH]c(CCl)n2)cc(Cl)c1OC. The number of aromatic nitrogens is 3. The van der Waals surface area contributed by atoms with E-state index in [1.54, 1.807) is 19.2 Å². The molecule has 0 saturated heterocycles. The van der Waals surface area contributed by atoms with Gasteiger partial charge in [-0.25, -0.2) is 4.98 Å². The van der Waals surface area contributed by atoms with Gasteiger partial charge < -0.3 is 9.47 Å². The molecule has 0 spiro atoms. The van der Waals surface area contributed by atoms with Crippen molar-refractivity contribution in [2.24, 2.45) is 0 Å². The first-order valence-electron chi connectivity index (χ1n) is 5.08. The second-order valence-corrected chi connectivity index (χ2v) is 4.11. The first kappa shape index (κ1) is 13.0. The number of alkyl halides is 1. The highest BCUT2D eigenvalue weighted by molar-refractivity contribution is 6.32. The fourth-order valence-electron chi connectivity index (χ4n) is 1.53. The van der Waals surface area contributed by atoms with Crippen LogP contribution in [0.15, 0.2) is 12.1 Å². The Morgan fingerprint density at radius 1 is 1.28 bits per heavy atom. The Morgan fingerprint density at radius 2 is 2.06 bits per heavy atom. The van der Waals surface area contributed by atoms with E-state index in [1.807, 2.05) is 0 Å². The van der Waals surface area contributed by atoms with Crippen LogP contribution in [-0.4, -0.2) is 29.4 Å². The van der Waals surface area contributed by atoms with Crippen molar-refractivity contribution in [3.8, 4) is 22.9 Å². The molecule has 0 radical (unpaired) electrons. The predicted octanol–water partition coefficient (Wildman–Crippen LogP) is 2.88. The molecule has 5 nitrogen and oxygen atoms in total. The molecule has 0 aliphatic carbocycles. The number of aromatic amines is 1. The zero-order valence-corrected chi connectivity index (χ0v) is 11.3. The molecule has 0 aliphatic heterocycles. The number of hydrogen-bond donors (Lipinski definition) is 1. The number of ether oxygens (including phenoxy) is 2. The lowest BCUT2D eigenvalue weighted by Crippen LogP contribution is -1.93. The van der Waals surface area contributed by atoms with Crippen LogP contribution in [-0.2, 0) is 5.88 Å². The van der Waals surface area contributed by atoms with Gasteiger partial charge in [-0.05, 0) is 12.1 Å². The topological polar surface area (TPSA) is 60.0 Å². The van der Waals surface area contributed by atoms with Crippen LogP contribution in [0.2, 0.25) is 5.02 Å². The first-order chi connectivity index (χ1) is 8.69. The second-order valence-electron chi connectivity index (χ2n) is 3.43. The van der Waals surface area contributed by atoms with E-state index in [2.05, 4.69) is 15.2 Å². The summed E-state index contributed by atoms with van der Waals surface area (Å²) in [6.07, 6.45) is 0. The molecular formula is C11H11Cl2N3O2. The van der Waals surface area contributed by atoms with Crippen LogP contribution < -0.4 is 9.47 Å². The number of methoxy groups -OCH3 is 2. The van der Waals surface area contributed by atoms with Gasteiger partial charge in [-0.2, -0.15) is 5.10 Å². The summed E-state index contributed by atoms with van der Waals surface area (Å²) in [5.74, 6) is 2.38. The average molecular weight is 288 g/mol. The quantitative estimate of drug-likeness (QED) is 0.879. The van der Waals surface area contributed by atoms with Gasteiger partial charge in [0.1, 0.15) is 5.82 Å². The number of H-pyrrole nitrogens is 1. The van der Waals surface area contributed by atoms with Crippen LogP contribution in [0.5, 0.6) is 11.5 Å². The van der Waals surface area contributed by atoms with E-state index in [9.17, 15) is 0 Å². The van der Waals surface area contributed by atoms with Crippen molar-refractivity contribution in [2.45, 2.75) is 5.88 Å². The van der Waals surface area contributed by atoms with Crippen LogP contribution in [0.25, 0.3) is 11.4 Å². The Kier molecular flexibility index (Phi) is 3.93. The molecule has 1 N–H and O–H groups in total. The number of hydrogen-bond acceptors (Lipinski definition) is 4. The van der Waals surface area contributed by atoms with Crippen LogP contribution in [0, 0.1) is 0 Å². The van der Waals surface area contributed by atoms with Gasteiger partial charge in [-0.3, -0.25) is 5.10 Å². The molecular weight excluding hydrogens is 277 g/mol. The Hall–Kier alpha value is -1.46. The van der Waals surface area contributed by atoms with Gasteiger partial charge >= 0.3 is 0 Å². The molecule has 18 heavy (non-hydrogen) atoms. The van der Waals surface area contributed by atoms with E-state index in [-0.39, 0.29) is 5.88 Å². The summed E-state index contributed by atoms with van der Waals surface area (Å²) >= 11 is 11.8. The van der Waals surface area contributed by atoms with E-state index in [0.29, 0.717) is 28.2 Å². The van der Waals surface area contributed by atoms with E-state index < -0.39 is 0 Å². The van der Waals surface area contributed by atoms with Crippen LogP contribution in [0.3, 0.4) is 0 Å². The van der Waals surface area contributed by atoms with Crippen molar-refractivity contribution < 1.29 is 9.47 Å². The normalized spacial score (nSPS) is 10.4. The first-order valence-corrected chi connectivity index (χ1v) is 6.00. The van der Waals surface area contributed by atoms with Gasteiger partial charge in [0, 0.05) is 5.56 Å². The summed E-state index contributed by atoms with van der Waals surface area (Å²) in [7, 11) is 3.07. The minimum atomic E-state index is 0.272. The zero-order valence-electron chi connectivity index (χ0n) is 9.83. The van der Waals surface area contributed by atoms with Crippen molar-refractivity contribution in [2.75, 3.05) is 14.2 Å². The monoisotopic (exact) mass is 287 g/mol. The Bertz CT molecular complexity index is 557. The molecule has 2 rings (SSSR count). The maximum atomic E-state index is 6.11. The number of rotatable bonds is 4. The Balaban J connectivity index is 2.48. The summed E-state index contributed by atoms with van der Waals surface area (Å²) < 4.78 is 10.4. The molecule has 1 aromatic carbocycles. The van der Waals surface area contributed by atoms with Gasteiger partial charge in [-0.1, -0.05) is 11.6 Å². The smallest absolute Gasteiger partial charge is 0.181 e. The molecule has 2 aromatic rings. The van der Waals surface area contributed by atoms with Crippen molar-refractivity contribution in [1.82, 2.24) is 15.2 Å². The molecule has 96 valence electrons. The summed E-state index contributed by atoms with van der Waals surface area (Å²) in [6.45, 7) is 0. The number of halogens is 2. The molecule has 1 heterocycles. The van der Waals surface area contributed by atoms with E-state index in [4.69, 9.17) is 32.7 Å². The van der Waals surface area contributed by atoms with Gasteiger partial charge in [0.05, 0.1) is 25.1 Å². The molecule has 0 saturated carbocycles. The minimum absolute atomic E-state index is 0.272. The molecule has 1 aromatic heterocycles. The molecule has 7 heteroatoms. The fourth-order valence-corrected chi connectivity index (χ4v) is 1.94. The number of nitrogens with zero attached hydrogens (tertiary/aromatic N) is 2. The maximum absolute atomic E-state index is 6.11. The van der Waals surface area contributed by atoms with Crippen LogP contribution in [0.1, 0.15) is 5.82 Å². The third kappa shape index (κ3) is 2.37. The lowest BCUT2D eigenvalue weighted by molar-refractivity contribution is 0.355. The molecule has 0 amide bonds. The van der Waals surface area contributed by atoms with Crippen molar-refractivity contribution in [3.05, 3.63) is 23.0 Å². The maximum Gasteiger partial charge on any atom is 0.181 e. The van der Waals surface area contributed by atoms with Crippen molar-refractivity contribution in [3.63, 3.8) is 0 Å². The standard InChI is InChI=1S/C11H11Cl2N3O2/c1-17-8-4-6(3-7(13)10(8)18-2)11-14-9(5-12)15-16-11/h3-4H,5H2,1-2H3,(H,14,15,16). The molecule has 0 bridgehead atoms. The largest absolute Gasteiger partial charge is 0.493 e. The predicted molar refractivity (Wildman–Crippen MR) is 69.5 cm³/mol. The summed E-state index contributed by atoms with van der Waals surface area (Å²) in [4.78, 5) is 4.22. The van der Waals surface area contributed by atoms with Gasteiger partial charge in [-0.15, -0.1) is 11.6 Å². The third-order valence-electron chi connectivity index (χ3n) is 2.35.